The van der Waals surface area contributed by atoms with Crippen LogP contribution in [0.5, 0.6) is 0 Å². The summed E-state index contributed by atoms with van der Waals surface area (Å²) in [5.41, 5.74) is 8.23. The van der Waals surface area contributed by atoms with E-state index in [2.05, 4.69) is 236 Å². The van der Waals surface area contributed by atoms with E-state index in [4.69, 9.17) is 32.0 Å². The molecule has 4 unspecified atom stereocenters. The van der Waals surface area contributed by atoms with E-state index in [0.717, 1.165) is 54.7 Å². The number of thioether (sulfide) groups is 5. The van der Waals surface area contributed by atoms with Crippen LogP contribution in [0.15, 0.2) is 131 Å². The highest BCUT2D eigenvalue weighted by atomic mass is 32.2. The first kappa shape index (κ1) is 109. The number of methoxy groups -OCH3 is 2. The molecule has 12 nitrogen and oxygen atoms in total. The first-order valence-electron chi connectivity index (χ1n) is 43.3. The van der Waals surface area contributed by atoms with Crippen molar-refractivity contribution < 1.29 is 55.7 Å². The van der Waals surface area contributed by atoms with E-state index in [1.807, 2.05) is 139 Å². The number of hydrogen-bond acceptors (Lipinski definition) is 17. The second-order valence-corrected chi connectivity index (χ2v) is 69.7. The maximum absolute atomic E-state index is 14.3. The monoisotopic (exact) mass is 1820 g/mol. The second kappa shape index (κ2) is 47.8. The predicted octanol–water partition coefficient (Wildman–Crippen LogP) is 26.4. The molecule has 2 aromatic carbocycles. The van der Waals surface area contributed by atoms with E-state index in [1.54, 1.807) is 17.2 Å². The third kappa shape index (κ3) is 32.0. The van der Waals surface area contributed by atoms with Crippen molar-refractivity contribution in [2.24, 2.45) is 71.0 Å². The van der Waals surface area contributed by atoms with Gasteiger partial charge in [-0.3, -0.25) is 4.79 Å². The van der Waals surface area contributed by atoms with E-state index in [0.29, 0.717) is 84.0 Å². The van der Waals surface area contributed by atoms with Gasteiger partial charge in [0.2, 0.25) is 0 Å². The molecule has 6 fully saturated rings. The maximum atomic E-state index is 14.3. The third-order valence-corrected chi connectivity index (χ3v) is 39.9. The minimum absolute atomic E-state index is 0.0367. The number of esters is 2. The smallest absolute Gasteiger partial charge is 0.330 e. The average Bonchev–Trinajstić information content (AvgIpc) is 0.794. The van der Waals surface area contributed by atoms with Crippen LogP contribution in [0.25, 0.3) is 0 Å². The molecule has 23 heteroatoms. The van der Waals surface area contributed by atoms with Crippen molar-refractivity contribution in [3.05, 3.63) is 131 Å². The summed E-state index contributed by atoms with van der Waals surface area (Å²) in [6, 6.07) is 20.0. The number of aliphatic hydroxyl groups excluding tert-OH is 1. The Morgan fingerprint density at radius 1 is 0.376 bits per heavy atom. The van der Waals surface area contributed by atoms with Crippen molar-refractivity contribution in [1.82, 2.24) is 0 Å². The Labute approximate surface area is 742 Å². The molecule has 0 spiro atoms. The number of rotatable bonds is 22. The van der Waals surface area contributed by atoms with Crippen LogP contribution in [0.1, 0.15) is 174 Å². The zero-order chi connectivity index (χ0) is 89.5. The van der Waals surface area contributed by atoms with E-state index in [-0.39, 0.29) is 55.0 Å². The summed E-state index contributed by atoms with van der Waals surface area (Å²) < 4.78 is 56.8. The van der Waals surface area contributed by atoms with Crippen molar-refractivity contribution in [2.45, 2.75) is 297 Å². The van der Waals surface area contributed by atoms with Crippen molar-refractivity contribution in [3.8, 4) is 0 Å². The Morgan fingerprint density at radius 3 is 0.795 bits per heavy atom. The SMILES string of the molecule is CC=C1CC(C)C(O[Si](C)(C)C)(SC)C(C)C1.CC=C1CC(C)C(O[Si](C)(C)C)(SC)C(C)C1.COC(=O)C=C1C[C@@H](C)C(=O)[C@H](C)C1.COC(=O)C=C1C[C@@H](C)C(O[Si](C)(C)C)(SC)[C@H](C)C1.CSC1(O[Si](C)(C)C)[C@H](C)CC(=CCO)C[C@H]1C.CSC1(O[Si](C)(C)C)[C@H](C)CC(=CCP(=O)(c2ccccc2)c2ccccc2)C[C@H]1C. The number of carbonyl (C=O) groups excluding carboxylic acids is 3. The average molecular weight is 1820 g/mol. The molecule has 0 radical (unpaired) electrons. The largest absolute Gasteiger partial charge is 0.466 e. The van der Waals surface area contributed by atoms with Gasteiger partial charge in [0.25, 0.3) is 0 Å². The van der Waals surface area contributed by atoms with Gasteiger partial charge in [-0.25, -0.2) is 9.59 Å². The highest BCUT2D eigenvalue weighted by Gasteiger charge is 2.53. The Kier molecular flexibility index (Phi) is 44.7. The minimum atomic E-state index is -2.71. The molecule has 0 amide bonds. The minimum Gasteiger partial charge on any atom is -0.466 e. The van der Waals surface area contributed by atoms with Gasteiger partial charge in [-0.05, 0) is 280 Å². The van der Waals surface area contributed by atoms with E-state index in [1.165, 1.54) is 62.7 Å². The molecule has 6 aliphatic carbocycles. The lowest BCUT2D eigenvalue weighted by molar-refractivity contribution is -0.135. The Bertz CT molecular complexity index is 3470. The topological polar surface area (TPSA) is 153 Å². The fraction of sp³-hybridized carbons (Fsp3) is 0.713. The molecule has 0 aromatic heterocycles. The first-order chi connectivity index (χ1) is 54.0. The maximum Gasteiger partial charge on any atom is 0.330 e. The molecule has 0 saturated heterocycles. The van der Waals surface area contributed by atoms with Gasteiger partial charge in [-0.15, -0.1) is 58.8 Å². The zero-order valence-electron chi connectivity index (χ0n) is 80.0. The zero-order valence-corrected chi connectivity index (χ0v) is 90.0. The highest BCUT2D eigenvalue weighted by Crippen LogP contribution is 2.56. The molecule has 12 atom stereocenters. The van der Waals surface area contributed by atoms with Gasteiger partial charge in [-0.2, -0.15) is 0 Å². The van der Waals surface area contributed by atoms with Crippen LogP contribution in [-0.2, 0) is 50.6 Å². The number of benzene rings is 2. The predicted molar refractivity (Wildman–Crippen MR) is 529 cm³/mol. The van der Waals surface area contributed by atoms with Crippen LogP contribution in [0.2, 0.25) is 98.2 Å². The molecule has 8 rings (SSSR count). The van der Waals surface area contributed by atoms with E-state index in [9.17, 15) is 18.9 Å². The van der Waals surface area contributed by atoms with Crippen LogP contribution in [0, 0.1) is 71.0 Å². The first-order valence-corrected chi connectivity index (χ1v) is 68.4. The number of Topliss-reactive ketones (excluding diaryl/α,β-unsaturated/α-hetero) is 1. The fourth-order valence-corrected chi connectivity index (χ4v) is 38.6. The molecular formula is C94H165O12PS5Si5. The van der Waals surface area contributed by atoms with E-state index >= 15 is 0 Å². The van der Waals surface area contributed by atoms with Gasteiger partial charge in [0, 0.05) is 40.8 Å². The van der Waals surface area contributed by atoms with Gasteiger partial charge in [0.1, 0.15) is 37.6 Å². The van der Waals surface area contributed by atoms with Gasteiger partial charge in [-0.1, -0.05) is 201 Å². The molecule has 6 aliphatic rings. The van der Waals surface area contributed by atoms with Crippen LogP contribution >= 0.6 is 66.0 Å². The van der Waals surface area contributed by atoms with Crippen molar-refractivity contribution in [1.29, 1.82) is 0 Å². The Balaban J connectivity index is 0.000000371. The molecule has 0 aliphatic heterocycles. The molecule has 117 heavy (non-hydrogen) atoms. The summed E-state index contributed by atoms with van der Waals surface area (Å²) in [5.74, 6) is 4.88. The molecule has 1 N–H and O–H groups in total. The van der Waals surface area contributed by atoms with Gasteiger partial charge < -0.3 is 41.3 Å². The van der Waals surface area contributed by atoms with Crippen LogP contribution in [-0.4, -0.2) is 147 Å². The summed E-state index contributed by atoms with van der Waals surface area (Å²) >= 11 is 9.47. The number of aliphatic hydroxyl groups is 1. The fourth-order valence-electron chi connectivity index (χ4n) is 19.0. The van der Waals surface area contributed by atoms with Crippen LogP contribution < -0.4 is 10.6 Å². The van der Waals surface area contributed by atoms with Crippen molar-refractivity contribution in [3.63, 3.8) is 0 Å². The Hall–Kier alpha value is -1.69. The standard InChI is InChI=1S/C26H37O2PSSi.C15H28O3SSi.C14H28O2SSi.2C14H28OSSi.C11H16O3/c1-21-19-23(20-22(2)26(21,30-3)28-31(4,5)6)17-18-29(27,24-13-9-7-10-14-24)25-15-11-8-12-16-25;1-11-8-13(10-14(16)17-3)9-12(2)15(11,19-4)18-20(5,6)7;1-11-9-13(7-8-15)10-12(2)14(11,17-3)16-18(4,5)6;2*1-8-13-9-11(2)14(16-4,12(3)10-13)15-17(5,6)7;1-7-4-9(6-10(12)14-3)5-8(2)11(7)13/h7-17,21-22H,18-20H2,1-6H3;10-12H,8-9H2,1-7H3;7,11-12,15H,8-10H2,1-6H3;2*8,11-12H,9-10H2,1-7H3;6-8H,4-5H2,1-3H3/t21-,22-,26?;11-,12-,15?;11-,12-,14?;;;7-,8-/m111..1/s1. The molecule has 6 saturated carbocycles. The number of hydrogen-bond donors (Lipinski definition) is 1. The Morgan fingerprint density at radius 2 is 0.590 bits per heavy atom. The number of allylic oxidation sites excluding steroid dienone is 9. The summed E-state index contributed by atoms with van der Waals surface area (Å²) in [6.07, 6.45) is 35.7. The number of ether oxygens (including phenoxy) is 2. The van der Waals surface area contributed by atoms with E-state index < -0.39 is 48.7 Å². The second-order valence-electron chi connectivity index (χ2n) is 39.4. The van der Waals surface area contributed by atoms with Gasteiger partial charge in [0.15, 0.2) is 41.6 Å². The molecule has 2 aromatic rings. The molecule has 668 valence electrons. The molecular weight excluding hydrogens is 1650 g/mol. The van der Waals surface area contributed by atoms with Gasteiger partial charge >= 0.3 is 11.9 Å². The quantitative estimate of drug-likeness (QED) is 0.0297. The number of ketones is 1. The molecule has 0 heterocycles. The lowest BCUT2D eigenvalue weighted by Crippen LogP contribution is -2.51. The summed E-state index contributed by atoms with van der Waals surface area (Å²) in [4.78, 5) is 33.7. The summed E-state index contributed by atoms with van der Waals surface area (Å²) in [7, 11) is -7.74. The summed E-state index contributed by atoms with van der Waals surface area (Å²) in [6.45, 7) is 65.6. The van der Waals surface area contributed by atoms with Crippen LogP contribution in [0.3, 0.4) is 0 Å². The third-order valence-electron chi connectivity index (χ3n) is 23.8. The van der Waals surface area contributed by atoms with Crippen molar-refractivity contribution in [2.75, 3.05) is 58.3 Å². The molecule has 0 bridgehead atoms. The lowest BCUT2D eigenvalue weighted by atomic mass is 9.77. The van der Waals surface area contributed by atoms with Gasteiger partial charge in [0.05, 0.1) is 20.8 Å². The summed E-state index contributed by atoms with van der Waals surface area (Å²) in [5, 5.41) is 10.9. The normalized spacial score (nSPS) is 30.5. The van der Waals surface area contributed by atoms with Crippen molar-refractivity contribution >= 4 is 136 Å². The lowest BCUT2D eigenvalue weighted by Gasteiger charge is -2.50. The van der Waals surface area contributed by atoms with Crippen LogP contribution in [0.4, 0.5) is 0 Å². The highest BCUT2D eigenvalue weighted by molar-refractivity contribution is 8.00. The number of carbonyl (C=O) groups is 3.